The van der Waals surface area contributed by atoms with Crippen LogP contribution < -0.4 is 0 Å². The molecule has 0 aliphatic heterocycles. The summed E-state index contributed by atoms with van der Waals surface area (Å²) in [6.45, 7) is 9.28. The largest absolute Gasteiger partial charge is 0.328 e. The predicted octanol–water partition coefficient (Wildman–Crippen LogP) is 4.78. The second-order valence-electron chi connectivity index (χ2n) is 7.55. The zero-order chi connectivity index (χ0) is 19.9. The molecule has 0 aromatic carbocycles. The van der Waals surface area contributed by atoms with Gasteiger partial charge in [-0.2, -0.15) is 0 Å². The lowest BCUT2D eigenvalue weighted by Gasteiger charge is -2.11. The highest BCUT2D eigenvalue weighted by molar-refractivity contribution is 7.91. The Balaban J connectivity index is 2.03. The summed E-state index contributed by atoms with van der Waals surface area (Å²) in [4.78, 5) is 9.29. The molecule has 2 aromatic heterocycles. The second kappa shape index (κ2) is 10.2. The van der Waals surface area contributed by atoms with Crippen LogP contribution in [0.25, 0.3) is 11.0 Å². The third kappa shape index (κ3) is 6.03. The first-order chi connectivity index (χ1) is 12.9. The van der Waals surface area contributed by atoms with Crippen LogP contribution in [0.2, 0.25) is 0 Å². The molecule has 27 heavy (non-hydrogen) atoms. The van der Waals surface area contributed by atoms with E-state index in [0.717, 1.165) is 74.9 Å². The van der Waals surface area contributed by atoms with Crippen LogP contribution in [0.15, 0.2) is 6.20 Å². The van der Waals surface area contributed by atoms with Crippen molar-refractivity contribution in [1.29, 1.82) is 0 Å². The van der Waals surface area contributed by atoms with Gasteiger partial charge in [0, 0.05) is 18.7 Å². The first-order valence-electron chi connectivity index (χ1n) is 10.4. The molecule has 0 aliphatic rings. The van der Waals surface area contributed by atoms with Crippen molar-refractivity contribution >= 4 is 20.9 Å². The monoisotopic (exact) mass is 393 g/mol. The highest BCUT2D eigenvalue weighted by atomic mass is 32.2. The van der Waals surface area contributed by atoms with Crippen molar-refractivity contribution in [3.05, 3.63) is 23.3 Å². The van der Waals surface area contributed by atoms with Crippen molar-refractivity contribution in [1.82, 2.24) is 14.5 Å². The van der Waals surface area contributed by atoms with Gasteiger partial charge in [0.1, 0.15) is 21.2 Å². The molecule has 152 valence electrons. The molecule has 2 aromatic rings. The van der Waals surface area contributed by atoms with E-state index in [1.54, 1.807) is 0 Å². The van der Waals surface area contributed by atoms with Gasteiger partial charge in [-0.1, -0.05) is 33.1 Å². The summed E-state index contributed by atoms with van der Waals surface area (Å²) < 4.78 is 26.3. The fourth-order valence-electron chi connectivity index (χ4n) is 3.43. The zero-order valence-corrected chi connectivity index (χ0v) is 18.2. The molecule has 6 heteroatoms. The van der Waals surface area contributed by atoms with Crippen LogP contribution in [-0.4, -0.2) is 34.5 Å². The SMILES string of the molecule is CCCCc1nc2cnc(C)c(C)c2n1CCCCCS(=O)(=O)CCCC. The van der Waals surface area contributed by atoms with Crippen LogP contribution >= 0.6 is 0 Å². The number of rotatable bonds is 12. The molecule has 2 heterocycles. The van der Waals surface area contributed by atoms with Gasteiger partial charge in [-0.15, -0.1) is 0 Å². The molecule has 0 fully saturated rings. The lowest BCUT2D eigenvalue weighted by molar-refractivity contribution is 0.568. The number of nitrogens with zero attached hydrogens (tertiary/aromatic N) is 3. The molecule has 0 spiro atoms. The average Bonchev–Trinajstić information content (AvgIpc) is 2.99. The third-order valence-corrected chi connectivity index (χ3v) is 7.07. The molecule has 0 N–H and O–H groups in total. The molecular weight excluding hydrogens is 358 g/mol. The maximum absolute atomic E-state index is 12.0. The minimum Gasteiger partial charge on any atom is -0.328 e. The van der Waals surface area contributed by atoms with E-state index >= 15 is 0 Å². The molecule has 5 nitrogen and oxygen atoms in total. The first kappa shape index (κ1) is 21.9. The van der Waals surface area contributed by atoms with Crippen LogP contribution in [0.3, 0.4) is 0 Å². The second-order valence-corrected chi connectivity index (χ2v) is 9.86. The van der Waals surface area contributed by atoms with E-state index in [1.165, 1.54) is 11.1 Å². The lowest BCUT2D eigenvalue weighted by Crippen LogP contribution is -2.11. The van der Waals surface area contributed by atoms with Crippen molar-refractivity contribution in [3.8, 4) is 0 Å². The normalized spacial score (nSPS) is 12.1. The highest BCUT2D eigenvalue weighted by Crippen LogP contribution is 2.23. The Hall–Kier alpha value is -1.43. The van der Waals surface area contributed by atoms with Crippen LogP contribution in [0.4, 0.5) is 0 Å². The van der Waals surface area contributed by atoms with Gasteiger partial charge in [0.05, 0.1) is 23.2 Å². The number of imidazole rings is 1. The molecule has 0 radical (unpaired) electrons. The lowest BCUT2D eigenvalue weighted by atomic mass is 10.2. The van der Waals surface area contributed by atoms with Crippen LogP contribution in [0, 0.1) is 13.8 Å². The van der Waals surface area contributed by atoms with Gasteiger partial charge in [0.25, 0.3) is 0 Å². The number of pyridine rings is 1. The summed E-state index contributed by atoms with van der Waals surface area (Å²) >= 11 is 0. The Morgan fingerprint density at radius 1 is 0.963 bits per heavy atom. The van der Waals surface area contributed by atoms with Gasteiger partial charge >= 0.3 is 0 Å². The molecule has 0 amide bonds. The van der Waals surface area contributed by atoms with Crippen molar-refractivity contribution in [2.24, 2.45) is 0 Å². The molecule has 0 saturated heterocycles. The highest BCUT2D eigenvalue weighted by Gasteiger charge is 2.14. The number of fused-ring (bicyclic) bond motifs is 1. The maximum atomic E-state index is 12.0. The summed E-state index contributed by atoms with van der Waals surface area (Å²) in [7, 11) is -2.87. The number of aryl methyl sites for hydroxylation is 4. The van der Waals surface area contributed by atoms with E-state index in [4.69, 9.17) is 4.98 Å². The van der Waals surface area contributed by atoms with Gasteiger partial charge in [0.15, 0.2) is 0 Å². The van der Waals surface area contributed by atoms with E-state index in [9.17, 15) is 8.42 Å². The molecular formula is C21H35N3O2S. The zero-order valence-electron chi connectivity index (χ0n) is 17.4. The van der Waals surface area contributed by atoms with Gasteiger partial charge in [-0.25, -0.2) is 13.4 Å². The summed E-state index contributed by atoms with van der Waals surface area (Å²) in [6, 6.07) is 0. The smallest absolute Gasteiger partial charge is 0.150 e. The molecule has 0 saturated carbocycles. The van der Waals surface area contributed by atoms with Gasteiger partial charge in [0.2, 0.25) is 0 Å². The Morgan fingerprint density at radius 3 is 2.37 bits per heavy atom. The molecule has 2 rings (SSSR count). The predicted molar refractivity (Wildman–Crippen MR) is 113 cm³/mol. The molecule has 0 bridgehead atoms. The molecule has 0 aliphatic carbocycles. The number of aromatic nitrogens is 3. The quantitative estimate of drug-likeness (QED) is 0.487. The van der Waals surface area contributed by atoms with Crippen molar-refractivity contribution in [2.75, 3.05) is 11.5 Å². The van der Waals surface area contributed by atoms with Crippen molar-refractivity contribution < 1.29 is 8.42 Å². The van der Waals surface area contributed by atoms with Gasteiger partial charge < -0.3 is 4.57 Å². The molecule has 0 unspecified atom stereocenters. The minimum absolute atomic E-state index is 0.322. The summed E-state index contributed by atoms with van der Waals surface area (Å²) in [5.74, 6) is 1.79. The van der Waals surface area contributed by atoms with E-state index in [1.807, 2.05) is 20.0 Å². The minimum atomic E-state index is -2.87. The average molecular weight is 394 g/mol. The summed E-state index contributed by atoms with van der Waals surface area (Å²) in [5, 5.41) is 0. The van der Waals surface area contributed by atoms with Gasteiger partial charge in [-0.3, -0.25) is 4.98 Å². The van der Waals surface area contributed by atoms with Crippen molar-refractivity contribution in [2.45, 2.75) is 85.6 Å². The Kier molecular flexibility index (Phi) is 8.27. The first-order valence-corrected chi connectivity index (χ1v) is 12.2. The number of hydrogen-bond donors (Lipinski definition) is 0. The fraction of sp³-hybridized carbons (Fsp3) is 0.714. The number of unbranched alkanes of at least 4 members (excludes halogenated alkanes) is 4. The van der Waals surface area contributed by atoms with E-state index < -0.39 is 9.84 Å². The Morgan fingerprint density at radius 2 is 1.67 bits per heavy atom. The topological polar surface area (TPSA) is 64.8 Å². The van der Waals surface area contributed by atoms with E-state index in [0.29, 0.717) is 11.5 Å². The van der Waals surface area contributed by atoms with Crippen molar-refractivity contribution in [3.63, 3.8) is 0 Å². The van der Waals surface area contributed by atoms with E-state index in [2.05, 4.69) is 23.4 Å². The van der Waals surface area contributed by atoms with Crippen LogP contribution in [0.5, 0.6) is 0 Å². The third-order valence-electron chi connectivity index (χ3n) is 5.25. The number of sulfone groups is 1. The summed E-state index contributed by atoms with van der Waals surface area (Å²) in [5.41, 5.74) is 4.42. The standard InChI is InChI=1S/C21H35N3O2S/c1-5-7-12-20-23-19-16-22-18(4)17(3)21(19)24(20)13-10-9-11-15-27(25,26)14-8-6-2/h16H,5-15H2,1-4H3. The Labute approximate surface area is 164 Å². The maximum Gasteiger partial charge on any atom is 0.150 e. The fourth-order valence-corrected chi connectivity index (χ4v) is 5.01. The van der Waals surface area contributed by atoms with Gasteiger partial charge in [-0.05, 0) is 45.1 Å². The van der Waals surface area contributed by atoms with Crippen LogP contribution in [0.1, 0.15) is 75.9 Å². The molecule has 0 atom stereocenters. The Bertz CT molecular complexity index is 841. The van der Waals surface area contributed by atoms with E-state index in [-0.39, 0.29) is 0 Å². The summed E-state index contributed by atoms with van der Waals surface area (Å²) in [6.07, 6.45) is 9.51. The van der Waals surface area contributed by atoms with Crippen LogP contribution in [-0.2, 0) is 22.8 Å². The number of hydrogen-bond acceptors (Lipinski definition) is 4.